The number of nitrogens with zero attached hydrogens (tertiary/aromatic N) is 2. The lowest BCUT2D eigenvalue weighted by Crippen LogP contribution is -2.46. The van der Waals surface area contributed by atoms with Crippen molar-refractivity contribution in [2.75, 3.05) is 37.6 Å². The number of Topliss-reactive ketones (excluding diaryl/α,β-unsaturated/α-hetero) is 1. The highest BCUT2D eigenvalue weighted by molar-refractivity contribution is 7.14. The van der Waals surface area contributed by atoms with Gasteiger partial charge >= 0.3 is 18.1 Å². The summed E-state index contributed by atoms with van der Waals surface area (Å²) in [5.74, 6) is -2.52. The largest absolute Gasteiger partial charge is 0.478 e. The van der Waals surface area contributed by atoms with E-state index in [1.165, 1.54) is 30.4 Å². The summed E-state index contributed by atoms with van der Waals surface area (Å²) in [6, 6.07) is 9.12. The maximum atomic E-state index is 12.9. The third kappa shape index (κ3) is 11.7. The van der Waals surface area contributed by atoms with Gasteiger partial charge < -0.3 is 20.4 Å². The Labute approximate surface area is 227 Å². The van der Waals surface area contributed by atoms with E-state index < -0.39 is 23.7 Å². The summed E-state index contributed by atoms with van der Waals surface area (Å²) >= 11 is 1.41. The highest BCUT2D eigenvalue weighted by Gasteiger charge is 2.31. The number of benzene rings is 1. The third-order valence-electron chi connectivity index (χ3n) is 5.61. The Bertz CT molecular complexity index is 1160. The van der Waals surface area contributed by atoms with E-state index in [1.54, 1.807) is 12.1 Å². The van der Waals surface area contributed by atoms with Gasteiger partial charge in [-0.1, -0.05) is 6.07 Å². The van der Waals surface area contributed by atoms with Gasteiger partial charge in [0.05, 0.1) is 17.0 Å². The molecule has 0 atom stereocenters. The molecule has 0 spiro atoms. The van der Waals surface area contributed by atoms with Crippen LogP contribution in [-0.4, -0.2) is 71.5 Å². The van der Waals surface area contributed by atoms with Gasteiger partial charge in [-0.25, -0.2) is 9.59 Å². The molecule has 212 valence electrons. The summed E-state index contributed by atoms with van der Waals surface area (Å²) in [4.78, 5) is 48.3. The zero-order valence-corrected chi connectivity index (χ0v) is 22.1. The summed E-state index contributed by atoms with van der Waals surface area (Å²) in [5.41, 5.74) is -0.0304. The molecule has 3 rings (SSSR count). The first-order chi connectivity index (χ1) is 18.3. The number of piperazine rings is 1. The molecule has 3 N–H and O–H groups in total. The van der Waals surface area contributed by atoms with E-state index in [0.29, 0.717) is 48.8 Å². The van der Waals surface area contributed by atoms with Crippen molar-refractivity contribution in [1.82, 2.24) is 10.2 Å². The number of carbonyl (C=O) groups is 4. The number of hydrogen-bond donors (Lipinski definition) is 3. The van der Waals surface area contributed by atoms with Crippen LogP contribution < -0.4 is 10.2 Å². The van der Waals surface area contributed by atoms with E-state index in [1.807, 2.05) is 11.0 Å². The number of ketones is 1. The molecular formula is C26H30F3N3O6S. The SMILES string of the molecule is CC(=O)NCc1ccc(C(=O)CCCN2CCN(c3cccc(C(F)(F)F)c3)CC2)s1.O=C(O)C=CC(=O)O. The van der Waals surface area contributed by atoms with Crippen LogP contribution in [0.15, 0.2) is 48.6 Å². The number of halogens is 3. The summed E-state index contributed by atoms with van der Waals surface area (Å²) < 4.78 is 38.8. The van der Waals surface area contributed by atoms with E-state index in [2.05, 4.69) is 10.2 Å². The van der Waals surface area contributed by atoms with E-state index >= 15 is 0 Å². The first-order valence-corrected chi connectivity index (χ1v) is 12.8. The van der Waals surface area contributed by atoms with Gasteiger partial charge in [0.15, 0.2) is 5.78 Å². The zero-order chi connectivity index (χ0) is 29.0. The van der Waals surface area contributed by atoms with E-state index in [-0.39, 0.29) is 11.7 Å². The maximum absolute atomic E-state index is 12.9. The number of aliphatic carboxylic acids is 2. The van der Waals surface area contributed by atoms with Crippen molar-refractivity contribution in [3.8, 4) is 0 Å². The lowest BCUT2D eigenvalue weighted by molar-refractivity contribution is -0.137. The van der Waals surface area contributed by atoms with Crippen LogP contribution in [0, 0.1) is 0 Å². The van der Waals surface area contributed by atoms with Crippen LogP contribution in [0.25, 0.3) is 0 Å². The van der Waals surface area contributed by atoms with Gasteiger partial charge in [0.1, 0.15) is 0 Å². The molecule has 0 bridgehead atoms. The molecular weight excluding hydrogens is 539 g/mol. The van der Waals surface area contributed by atoms with Gasteiger partial charge in [-0.2, -0.15) is 13.2 Å². The van der Waals surface area contributed by atoms with Gasteiger partial charge in [-0.15, -0.1) is 11.3 Å². The summed E-state index contributed by atoms with van der Waals surface area (Å²) in [6.45, 7) is 5.50. The van der Waals surface area contributed by atoms with Gasteiger partial charge in [0.2, 0.25) is 5.91 Å². The first-order valence-electron chi connectivity index (χ1n) is 12.0. The zero-order valence-electron chi connectivity index (χ0n) is 21.2. The van der Waals surface area contributed by atoms with Gasteiger partial charge in [0.25, 0.3) is 0 Å². The second-order valence-electron chi connectivity index (χ2n) is 8.59. The standard InChI is InChI=1S/C22H26F3N3O2S.C4H4O4/c1-16(29)26-15-19-7-8-21(31-19)20(30)6-3-9-27-10-12-28(13-11-27)18-5-2-4-17(14-18)22(23,24)25;5-3(6)1-2-4(7)8/h2,4-5,7-8,14H,3,6,9-13,15H2,1H3,(H,26,29);1-2H,(H,5,6)(H,7,8). The maximum Gasteiger partial charge on any atom is 0.416 e. The molecule has 1 aliphatic rings. The Kier molecular flexibility index (Phi) is 12.1. The Morgan fingerprint density at radius 3 is 2.21 bits per heavy atom. The van der Waals surface area contributed by atoms with Crippen LogP contribution >= 0.6 is 11.3 Å². The van der Waals surface area contributed by atoms with Crippen LogP contribution in [0.4, 0.5) is 18.9 Å². The van der Waals surface area contributed by atoms with Gasteiger partial charge in [-0.05, 0) is 43.3 Å². The van der Waals surface area contributed by atoms with E-state index in [4.69, 9.17) is 10.2 Å². The lowest BCUT2D eigenvalue weighted by atomic mass is 10.1. The fourth-order valence-electron chi connectivity index (χ4n) is 3.67. The second kappa shape index (κ2) is 15.0. The average Bonchev–Trinajstić information content (AvgIpc) is 3.36. The summed E-state index contributed by atoms with van der Waals surface area (Å²) in [7, 11) is 0. The number of nitrogens with one attached hydrogen (secondary N) is 1. The number of carbonyl (C=O) groups excluding carboxylic acids is 2. The van der Waals surface area contributed by atoms with Crippen molar-refractivity contribution in [3.63, 3.8) is 0 Å². The number of hydrogen-bond acceptors (Lipinski definition) is 7. The number of rotatable bonds is 10. The minimum Gasteiger partial charge on any atom is -0.478 e. The molecule has 1 amide bonds. The van der Waals surface area contributed by atoms with Crippen molar-refractivity contribution in [2.24, 2.45) is 0 Å². The van der Waals surface area contributed by atoms with Crippen LogP contribution in [0.5, 0.6) is 0 Å². The Hall–Kier alpha value is -3.71. The monoisotopic (exact) mass is 569 g/mol. The highest BCUT2D eigenvalue weighted by atomic mass is 32.1. The molecule has 1 aliphatic heterocycles. The van der Waals surface area contributed by atoms with Gasteiger partial charge in [-0.3, -0.25) is 14.5 Å². The molecule has 39 heavy (non-hydrogen) atoms. The normalized spacial score (nSPS) is 14.0. The summed E-state index contributed by atoms with van der Waals surface area (Å²) in [5, 5.41) is 18.3. The van der Waals surface area contributed by atoms with E-state index in [0.717, 1.165) is 37.0 Å². The smallest absolute Gasteiger partial charge is 0.416 e. The molecule has 1 saturated heterocycles. The molecule has 0 aliphatic carbocycles. The molecule has 1 aromatic carbocycles. The molecule has 2 heterocycles. The summed E-state index contributed by atoms with van der Waals surface area (Å²) in [6.07, 6.45) is -2.03. The molecule has 0 saturated carbocycles. The van der Waals surface area contributed by atoms with Crippen LogP contribution in [0.3, 0.4) is 0 Å². The molecule has 0 unspecified atom stereocenters. The van der Waals surface area contributed by atoms with Crippen molar-refractivity contribution in [1.29, 1.82) is 0 Å². The molecule has 1 fully saturated rings. The van der Waals surface area contributed by atoms with Crippen molar-refractivity contribution < 1.29 is 42.6 Å². The Morgan fingerprint density at radius 1 is 1.00 bits per heavy atom. The number of alkyl halides is 3. The minimum absolute atomic E-state index is 0.0988. The molecule has 0 radical (unpaired) electrons. The fourth-order valence-corrected chi connectivity index (χ4v) is 4.59. The minimum atomic E-state index is -4.34. The Balaban J connectivity index is 0.000000580. The number of carboxylic acid groups (broad SMARTS) is 2. The van der Waals surface area contributed by atoms with Crippen LogP contribution in [-0.2, 0) is 27.1 Å². The van der Waals surface area contributed by atoms with Gasteiger partial charge in [0, 0.05) is 62.2 Å². The fraction of sp³-hybridized carbons (Fsp3) is 0.385. The lowest BCUT2D eigenvalue weighted by Gasteiger charge is -2.36. The number of carboxylic acids is 2. The predicted octanol–water partition coefficient (Wildman–Crippen LogP) is 3.90. The predicted molar refractivity (Wildman–Crippen MR) is 140 cm³/mol. The third-order valence-corrected chi connectivity index (χ3v) is 6.73. The van der Waals surface area contributed by atoms with Crippen molar-refractivity contribution in [2.45, 2.75) is 32.5 Å². The second-order valence-corrected chi connectivity index (χ2v) is 9.76. The van der Waals surface area contributed by atoms with Crippen LogP contribution in [0.2, 0.25) is 0 Å². The average molecular weight is 570 g/mol. The first kappa shape index (κ1) is 31.5. The highest BCUT2D eigenvalue weighted by Crippen LogP contribution is 2.32. The van der Waals surface area contributed by atoms with E-state index in [9.17, 15) is 32.3 Å². The number of thiophene rings is 1. The molecule has 2 aromatic rings. The quantitative estimate of drug-likeness (QED) is 0.291. The molecule has 13 heteroatoms. The number of amides is 1. The molecule has 1 aromatic heterocycles. The van der Waals surface area contributed by atoms with Crippen molar-refractivity contribution in [3.05, 3.63) is 63.9 Å². The Morgan fingerprint density at radius 2 is 1.64 bits per heavy atom. The topological polar surface area (TPSA) is 127 Å². The number of anilines is 1. The van der Waals surface area contributed by atoms with Crippen LogP contribution in [0.1, 0.15) is 39.9 Å². The van der Waals surface area contributed by atoms with Crippen molar-refractivity contribution >= 4 is 40.7 Å². The molecule has 9 nitrogen and oxygen atoms in total.